The van der Waals surface area contributed by atoms with E-state index in [1.807, 2.05) is 27.8 Å². The number of hydrogen-bond acceptors (Lipinski definition) is 4. The zero-order valence-corrected chi connectivity index (χ0v) is 12.2. The van der Waals surface area contributed by atoms with Gasteiger partial charge in [0.25, 0.3) is 0 Å². The molecule has 0 saturated heterocycles. The van der Waals surface area contributed by atoms with E-state index in [0.717, 1.165) is 29.2 Å². The number of hydrogen-bond donors (Lipinski definition) is 1. The average molecular weight is 299 g/mol. The summed E-state index contributed by atoms with van der Waals surface area (Å²) in [5.74, 6) is -0.0556. The minimum atomic E-state index is -4.48. The SMILES string of the molecule is Cc1nn(C)c(C)c1[C@H](C)Nc1nccc(C(F)(F)F)n1. The molecule has 1 N–H and O–H groups in total. The van der Waals surface area contributed by atoms with Crippen LogP contribution in [0.15, 0.2) is 12.3 Å². The molecule has 21 heavy (non-hydrogen) atoms. The molecular formula is C13H16F3N5. The summed E-state index contributed by atoms with van der Waals surface area (Å²) in [6.07, 6.45) is -3.39. The van der Waals surface area contributed by atoms with Crippen molar-refractivity contribution in [1.82, 2.24) is 19.7 Å². The molecule has 0 aliphatic heterocycles. The van der Waals surface area contributed by atoms with E-state index in [1.165, 1.54) is 0 Å². The number of nitrogens with zero attached hydrogens (tertiary/aromatic N) is 4. The van der Waals surface area contributed by atoms with Crippen molar-refractivity contribution in [1.29, 1.82) is 0 Å². The molecule has 2 aromatic heterocycles. The third-order valence-corrected chi connectivity index (χ3v) is 3.29. The normalized spacial score (nSPS) is 13.3. The molecule has 0 saturated carbocycles. The lowest BCUT2D eigenvalue weighted by atomic mass is 10.1. The molecule has 0 aromatic carbocycles. The van der Waals surface area contributed by atoms with Gasteiger partial charge in [0.15, 0.2) is 0 Å². The van der Waals surface area contributed by atoms with Crippen LogP contribution < -0.4 is 5.32 Å². The van der Waals surface area contributed by atoms with Gasteiger partial charge in [0.05, 0.1) is 11.7 Å². The molecule has 5 nitrogen and oxygen atoms in total. The monoisotopic (exact) mass is 299 g/mol. The summed E-state index contributed by atoms with van der Waals surface area (Å²) in [4.78, 5) is 7.34. The third-order valence-electron chi connectivity index (χ3n) is 3.29. The maximum atomic E-state index is 12.6. The third kappa shape index (κ3) is 3.14. The summed E-state index contributed by atoms with van der Waals surface area (Å²) in [7, 11) is 1.82. The summed E-state index contributed by atoms with van der Waals surface area (Å²) in [6.45, 7) is 5.59. The predicted octanol–water partition coefficient (Wildman–Crippen LogP) is 3.02. The van der Waals surface area contributed by atoms with Gasteiger partial charge < -0.3 is 5.32 Å². The van der Waals surface area contributed by atoms with E-state index in [1.54, 1.807) is 4.68 Å². The first-order chi connectivity index (χ1) is 9.70. The minimum absolute atomic E-state index is 0.0556. The zero-order valence-electron chi connectivity index (χ0n) is 12.2. The van der Waals surface area contributed by atoms with Crippen LogP contribution in [0.4, 0.5) is 19.1 Å². The van der Waals surface area contributed by atoms with Crippen molar-refractivity contribution >= 4 is 5.95 Å². The Morgan fingerprint density at radius 3 is 2.48 bits per heavy atom. The second-order valence-electron chi connectivity index (χ2n) is 4.84. The second kappa shape index (κ2) is 5.34. The van der Waals surface area contributed by atoms with E-state index in [4.69, 9.17) is 0 Å². The van der Waals surface area contributed by atoms with Crippen molar-refractivity contribution in [3.8, 4) is 0 Å². The first-order valence-corrected chi connectivity index (χ1v) is 6.37. The van der Waals surface area contributed by atoms with Gasteiger partial charge >= 0.3 is 6.18 Å². The number of aryl methyl sites for hydroxylation is 2. The first-order valence-electron chi connectivity index (χ1n) is 6.37. The van der Waals surface area contributed by atoms with Crippen LogP contribution in [0.5, 0.6) is 0 Å². The van der Waals surface area contributed by atoms with Crippen LogP contribution in [0.25, 0.3) is 0 Å². The molecule has 0 aliphatic carbocycles. The quantitative estimate of drug-likeness (QED) is 0.946. The summed E-state index contributed by atoms with van der Waals surface area (Å²) < 4.78 is 39.6. The lowest BCUT2D eigenvalue weighted by Crippen LogP contribution is -2.14. The first kappa shape index (κ1) is 15.3. The lowest BCUT2D eigenvalue weighted by molar-refractivity contribution is -0.141. The Morgan fingerprint density at radius 2 is 1.95 bits per heavy atom. The van der Waals surface area contributed by atoms with Crippen LogP contribution in [0.1, 0.15) is 35.6 Å². The number of halogens is 3. The molecule has 0 amide bonds. The fourth-order valence-corrected chi connectivity index (χ4v) is 2.27. The summed E-state index contributed by atoms with van der Waals surface area (Å²) in [6, 6.07) is 0.596. The van der Waals surface area contributed by atoms with Crippen molar-refractivity contribution < 1.29 is 13.2 Å². The van der Waals surface area contributed by atoms with Gasteiger partial charge in [0.1, 0.15) is 5.69 Å². The molecule has 0 spiro atoms. The van der Waals surface area contributed by atoms with E-state index < -0.39 is 11.9 Å². The van der Waals surface area contributed by atoms with Crippen molar-refractivity contribution in [2.24, 2.45) is 7.05 Å². The Kier molecular flexibility index (Phi) is 3.89. The number of anilines is 1. The summed E-state index contributed by atoms with van der Waals surface area (Å²) in [5, 5.41) is 7.18. The molecular weight excluding hydrogens is 283 g/mol. The molecule has 0 radical (unpaired) electrons. The number of aromatic nitrogens is 4. The van der Waals surface area contributed by atoms with Crippen molar-refractivity contribution in [2.45, 2.75) is 33.0 Å². The van der Waals surface area contributed by atoms with E-state index in [-0.39, 0.29) is 12.0 Å². The standard InChI is InChI=1S/C13H16F3N5/c1-7(11-8(2)20-21(4)9(11)3)18-12-17-6-5-10(19-12)13(14,15)16/h5-7H,1-4H3,(H,17,18,19)/t7-/m0/s1. The number of alkyl halides is 3. The van der Waals surface area contributed by atoms with Gasteiger partial charge in [0.2, 0.25) is 5.95 Å². The molecule has 1 atom stereocenters. The molecule has 0 aliphatic rings. The van der Waals surface area contributed by atoms with Crippen LogP contribution in [0, 0.1) is 13.8 Å². The highest BCUT2D eigenvalue weighted by Crippen LogP contribution is 2.28. The van der Waals surface area contributed by atoms with Gasteiger partial charge in [0, 0.05) is 24.5 Å². The van der Waals surface area contributed by atoms with Gasteiger partial charge in [-0.2, -0.15) is 18.3 Å². The topological polar surface area (TPSA) is 55.6 Å². The van der Waals surface area contributed by atoms with E-state index in [2.05, 4.69) is 20.4 Å². The van der Waals surface area contributed by atoms with Gasteiger partial charge in [-0.15, -0.1) is 0 Å². The average Bonchev–Trinajstić information content (AvgIpc) is 2.62. The van der Waals surface area contributed by atoms with Crippen molar-refractivity contribution in [3.63, 3.8) is 0 Å². The van der Waals surface area contributed by atoms with Gasteiger partial charge in [-0.1, -0.05) is 0 Å². The van der Waals surface area contributed by atoms with Crippen LogP contribution >= 0.6 is 0 Å². The summed E-state index contributed by atoms with van der Waals surface area (Å²) >= 11 is 0. The Hall–Kier alpha value is -2.12. The molecule has 114 valence electrons. The molecule has 0 fully saturated rings. The maximum absolute atomic E-state index is 12.6. The van der Waals surface area contributed by atoms with Crippen LogP contribution in [0.3, 0.4) is 0 Å². The molecule has 2 rings (SSSR count). The fourth-order valence-electron chi connectivity index (χ4n) is 2.27. The molecule has 2 aromatic rings. The molecule has 0 unspecified atom stereocenters. The van der Waals surface area contributed by atoms with E-state index in [0.29, 0.717) is 0 Å². The van der Waals surface area contributed by atoms with E-state index >= 15 is 0 Å². The number of rotatable bonds is 3. The van der Waals surface area contributed by atoms with Crippen LogP contribution in [0.2, 0.25) is 0 Å². The fraction of sp³-hybridized carbons (Fsp3) is 0.462. The van der Waals surface area contributed by atoms with Crippen molar-refractivity contribution in [2.75, 3.05) is 5.32 Å². The molecule has 2 heterocycles. The van der Waals surface area contributed by atoms with E-state index in [9.17, 15) is 13.2 Å². The Morgan fingerprint density at radius 1 is 1.29 bits per heavy atom. The van der Waals surface area contributed by atoms with Crippen LogP contribution in [-0.2, 0) is 13.2 Å². The lowest BCUT2D eigenvalue weighted by Gasteiger charge is -2.15. The second-order valence-corrected chi connectivity index (χ2v) is 4.84. The zero-order chi connectivity index (χ0) is 15.8. The highest BCUT2D eigenvalue weighted by atomic mass is 19.4. The molecule has 0 bridgehead atoms. The summed E-state index contributed by atoms with van der Waals surface area (Å²) in [5.41, 5.74) is 1.73. The van der Waals surface area contributed by atoms with Crippen molar-refractivity contribution in [3.05, 3.63) is 34.9 Å². The Labute approximate surface area is 120 Å². The maximum Gasteiger partial charge on any atom is 0.433 e. The van der Waals surface area contributed by atoms with Crippen LogP contribution in [-0.4, -0.2) is 19.7 Å². The molecule has 8 heteroatoms. The highest BCUT2D eigenvalue weighted by molar-refractivity contribution is 5.36. The van der Waals surface area contributed by atoms with Gasteiger partial charge in [-0.05, 0) is 26.8 Å². The number of nitrogens with one attached hydrogen (secondary N) is 1. The smallest absolute Gasteiger partial charge is 0.348 e. The largest absolute Gasteiger partial charge is 0.433 e. The van der Waals surface area contributed by atoms with Gasteiger partial charge in [-0.3, -0.25) is 4.68 Å². The predicted molar refractivity (Wildman–Crippen MR) is 71.8 cm³/mol. The Balaban J connectivity index is 2.26. The highest BCUT2D eigenvalue weighted by Gasteiger charge is 2.33. The minimum Gasteiger partial charge on any atom is -0.348 e. The Bertz CT molecular complexity index is 648. The van der Waals surface area contributed by atoms with Gasteiger partial charge in [-0.25, -0.2) is 9.97 Å².